The summed E-state index contributed by atoms with van der Waals surface area (Å²) in [6.07, 6.45) is 2.60. The molecular formula is C10H13NO3. The molecule has 0 radical (unpaired) electrons. The van der Waals surface area contributed by atoms with Crippen LogP contribution in [0.15, 0.2) is 24.5 Å². The molecule has 1 aromatic heterocycles. The van der Waals surface area contributed by atoms with Gasteiger partial charge in [0.2, 0.25) is 0 Å². The van der Waals surface area contributed by atoms with E-state index < -0.39 is 18.0 Å². The zero-order valence-electron chi connectivity index (χ0n) is 7.92. The molecule has 0 aliphatic rings. The summed E-state index contributed by atoms with van der Waals surface area (Å²) in [5.74, 6) is -1.45. The van der Waals surface area contributed by atoms with Gasteiger partial charge in [0, 0.05) is 12.4 Å². The number of aliphatic hydroxyl groups excluding tert-OH is 1. The molecule has 1 rings (SSSR count). The van der Waals surface area contributed by atoms with E-state index in [1.807, 2.05) is 0 Å². The summed E-state index contributed by atoms with van der Waals surface area (Å²) in [5.41, 5.74) is 0.653. The second kappa shape index (κ2) is 4.72. The molecule has 0 spiro atoms. The molecule has 0 amide bonds. The van der Waals surface area contributed by atoms with Crippen LogP contribution in [0.1, 0.15) is 25.0 Å². The number of carboxylic acid groups (broad SMARTS) is 1. The Hall–Kier alpha value is -1.42. The fourth-order valence-electron chi connectivity index (χ4n) is 1.14. The van der Waals surface area contributed by atoms with Crippen LogP contribution in [0.25, 0.3) is 0 Å². The van der Waals surface area contributed by atoms with Crippen LogP contribution in [-0.4, -0.2) is 21.2 Å². The Bertz CT molecular complexity index is 299. The number of aromatic nitrogens is 1. The lowest BCUT2D eigenvalue weighted by molar-refractivity contribution is -0.142. The van der Waals surface area contributed by atoms with Crippen molar-refractivity contribution in [2.24, 2.45) is 5.92 Å². The van der Waals surface area contributed by atoms with Crippen LogP contribution < -0.4 is 0 Å². The van der Waals surface area contributed by atoms with E-state index in [-0.39, 0.29) is 6.42 Å². The summed E-state index contributed by atoms with van der Waals surface area (Å²) >= 11 is 0. The maximum absolute atomic E-state index is 10.5. The first-order chi connectivity index (χ1) is 6.61. The highest BCUT2D eigenvalue weighted by Gasteiger charge is 2.17. The van der Waals surface area contributed by atoms with Crippen LogP contribution in [0.3, 0.4) is 0 Å². The molecule has 0 aliphatic carbocycles. The monoisotopic (exact) mass is 195 g/mol. The predicted molar refractivity (Wildman–Crippen MR) is 50.6 cm³/mol. The highest BCUT2D eigenvalue weighted by Crippen LogP contribution is 2.19. The van der Waals surface area contributed by atoms with Crippen LogP contribution in [0.4, 0.5) is 0 Å². The van der Waals surface area contributed by atoms with Gasteiger partial charge in [-0.2, -0.15) is 0 Å². The first-order valence-corrected chi connectivity index (χ1v) is 4.42. The van der Waals surface area contributed by atoms with Crippen LogP contribution >= 0.6 is 0 Å². The summed E-state index contributed by atoms with van der Waals surface area (Å²) in [5, 5.41) is 18.3. The van der Waals surface area contributed by atoms with E-state index in [1.165, 1.54) is 0 Å². The Morgan fingerprint density at radius 2 is 2.36 bits per heavy atom. The van der Waals surface area contributed by atoms with E-state index in [0.717, 1.165) is 0 Å². The zero-order chi connectivity index (χ0) is 10.6. The number of rotatable bonds is 4. The van der Waals surface area contributed by atoms with Crippen molar-refractivity contribution >= 4 is 5.97 Å². The van der Waals surface area contributed by atoms with E-state index in [4.69, 9.17) is 5.11 Å². The average Bonchev–Trinajstić information content (AvgIpc) is 2.19. The summed E-state index contributed by atoms with van der Waals surface area (Å²) in [6, 6.07) is 3.44. The van der Waals surface area contributed by atoms with E-state index in [9.17, 15) is 9.90 Å². The molecule has 2 N–H and O–H groups in total. The molecule has 0 aliphatic heterocycles. The molecule has 4 nitrogen and oxygen atoms in total. The summed E-state index contributed by atoms with van der Waals surface area (Å²) in [6.45, 7) is 1.57. The molecule has 0 aromatic carbocycles. The molecule has 0 bridgehead atoms. The van der Waals surface area contributed by atoms with Crippen LogP contribution in [0.5, 0.6) is 0 Å². The number of aliphatic carboxylic acids is 1. The number of aliphatic hydroxyl groups is 1. The smallest absolute Gasteiger partial charge is 0.306 e. The van der Waals surface area contributed by atoms with Crippen molar-refractivity contribution in [1.82, 2.24) is 4.98 Å². The maximum atomic E-state index is 10.5. The third kappa shape index (κ3) is 2.81. The fourth-order valence-corrected chi connectivity index (χ4v) is 1.14. The average molecular weight is 195 g/mol. The molecule has 2 atom stereocenters. The van der Waals surface area contributed by atoms with Gasteiger partial charge in [-0.3, -0.25) is 9.78 Å². The van der Waals surface area contributed by atoms with Crippen molar-refractivity contribution in [1.29, 1.82) is 0 Å². The second-order valence-electron chi connectivity index (χ2n) is 3.28. The molecule has 4 heteroatoms. The molecule has 0 saturated carbocycles. The number of hydrogen-bond donors (Lipinski definition) is 2. The van der Waals surface area contributed by atoms with Gasteiger partial charge >= 0.3 is 5.97 Å². The normalized spacial score (nSPS) is 14.7. The van der Waals surface area contributed by atoms with Gasteiger partial charge in [0.1, 0.15) is 0 Å². The van der Waals surface area contributed by atoms with E-state index in [0.29, 0.717) is 5.56 Å². The van der Waals surface area contributed by atoms with E-state index >= 15 is 0 Å². The topological polar surface area (TPSA) is 70.4 Å². The maximum Gasteiger partial charge on any atom is 0.306 e. The Kier molecular flexibility index (Phi) is 3.59. The van der Waals surface area contributed by atoms with Gasteiger partial charge in [-0.1, -0.05) is 13.0 Å². The van der Waals surface area contributed by atoms with Crippen LogP contribution in [-0.2, 0) is 4.79 Å². The highest BCUT2D eigenvalue weighted by atomic mass is 16.4. The zero-order valence-corrected chi connectivity index (χ0v) is 7.92. The molecule has 14 heavy (non-hydrogen) atoms. The summed E-state index contributed by atoms with van der Waals surface area (Å²) in [7, 11) is 0. The van der Waals surface area contributed by atoms with Gasteiger partial charge in [0.05, 0.1) is 12.0 Å². The van der Waals surface area contributed by atoms with Crippen molar-refractivity contribution in [2.75, 3.05) is 0 Å². The second-order valence-corrected chi connectivity index (χ2v) is 3.28. The van der Waals surface area contributed by atoms with Gasteiger partial charge in [0.15, 0.2) is 0 Å². The van der Waals surface area contributed by atoms with Crippen molar-refractivity contribution in [2.45, 2.75) is 19.4 Å². The largest absolute Gasteiger partial charge is 0.481 e. The van der Waals surface area contributed by atoms with Crippen LogP contribution in [0, 0.1) is 5.92 Å². The minimum absolute atomic E-state index is 0.209. The van der Waals surface area contributed by atoms with Gasteiger partial charge in [0.25, 0.3) is 0 Å². The lowest BCUT2D eigenvalue weighted by Gasteiger charge is -2.12. The molecule has 1 aromatic rings. The van der Waals surface area contributed by atoms with E-state index in [1.54, 1.807) is 31.5 Å². The molecule has 0 fully saturated rings. The summed E-state index contributed by atoms with van der Waals surface area (Å²) < 4.78 is 0. The highest BCUT2D eigenvalue weighted by molar-refractivity contribution is 5.69. The summed E-state index contributed by atoms with van der Waals surface area (Å²) in [4.78, 5) is 14.4. The molecule has 0 saturated heterocycles. The molecular weight excluding hydrogens is 182 g/mol. The number of carbonyl (C=O) groups is 1. The Morgan fingerprint density at radius 3 is 2.86 bits per heavy atom. The minimum atomic E-state index is -0.895. The van der Waals surface area contributed by atoms with Crippen molar-refractivity contribution < 1.29 is 15.0 Å². The lowest BCUT2D eigenvalue weighted by atomic mass is 10.00. The third-order valence-corrected chi connectivity index (χ3v) is 2.07. The minimum Gasteiger partial charge on any atom is -0.481 e. The third-order valence-electron chi connectivity index (χ3n) is 2.07. The number of nitrogens with zero attached hydrogens (tertiary/aromatic N) is 1. The van der Waals surface area contributed by atoms with Gasteiger partial charge in [-0.15, -0.1) is 0 Å². The van der Waals surface area contributed by atoms with Crippen LogP contribution in [0.2, 0.25) is 0 Å². The predicted octanol–water partition coefficient (Wildman–Crippen LogP) is 1.23. The van der Waals surface area contributed by atoms with Gasteiger partial charge in [-0.25, -0.2) is 0 Å². The quantitative estimate of drug-likeness (QED) is 0.758. The number of carboxylic acids is 1. The Balaban J connectivity index is 2.59. The van der Waals surface area contributed by atoms with Crippen molar-refractivity contribution in [3.8, 4) is 0 Å². The molecule has 2 unspecified atom stereocenters. The fraction of sp³-hybridized carbons (Fsp3) is 0.400. The number of hydrogen-bond acceptors (Lipinski definition) is 3. The van der Waals surface area contributed by atoms with E-state index in [2.05, 4.69) is 4.98 Å². The Morgan fingerprint density at radius 1 is 1.64 bits per heavy atom. The Labute approximate surface area is 82.2 Å². The lowest BCUT2D eigenvalue weighted by Crippen LogP contribution is -2.13. The standard InChI is InChI=1S/C10H13NO3/c1-7(10(13)14)5-9(12)8-3-2-4-11-6-8/h2-4,6-7,9,12H,5H2,1H3,(H,13,14). The SMILES string of the molecule is CC(CC(O)c1cccnc1)C(=O)O. The van der Waals surface area contributed by atoms with Gasteiger partial charge in [-0.05, 0) is 18.1 Å². The van der Waals surface area contributed by atoms with Gasteiger partial charge < -0.3 is 10.2 Å². The first kappa shape index (κ1) is 10.7. The molecule has 76 valence electrons. The number of pyridine rings is 1. The molecule has 1 heterocycles. The van der Waals surface area contributed by atoms with Crippen molar-refractivity contribution in [3.05, 3.63) is 30.1 Å². The first-order valence-electron chi connectivity index (χ1n) is 4.42. The van der Waals surface area contributed by atoms with Crippen molar-refractivity contribution in [3.63, 3.8) is 0 Å².